The van der Waals surface area contributed by atoms with Gasteiger partial charge in [0.15, 0.2) is 6.04 Å². The predicted octanol–water partition coefficient (Wildman–Crippen LogP) is 4.06. The molecule has 1 amide bonds. The van der Waals surface area contributed by atoms with Crippen molar-refractivity contribution in [2.24, 2.45) is 0 Å². The van der Waals surface area contributed by atoms with E-state index >= 15 is 0 Å². The van der Waals surface area contributed by atoms with Gasteiger partial charge in [-0.3, -0.25) is 4.90 Å². The summed E-state index contributed by atoms with van der Waals surface area (Å²) < 4.78 is 23.8. The monoisotopic (exact) mass is 371 g/mol. The van der Waals surface area contributed by atoms with E-state index in [2.05, 4.69) is 0 Å². The molecular weight excluding hydrogens is 349 g/mol. The first kappa shape index (κ1) is 18.9. The van der Waals surface area contributed by atoms with Crippen LogP contribution in [0.5, 0.6) is 0 Å². The number of benzene rings is 2. The number of hydrogen-bond donors (Lipinski definition) is 0. The molecule has 1 aliphatic rings. The molecule has 0 bridgehead atoms. The maximum absolute atomic E-state index is 13.0. The second-order valence-electron chi connectivity index (χ2n) is 6.50. The van der Waals surface area contributed by atoms with Gasteiger partial charge in [0.05, 0.1) is 6.54 Å². The summed E-state index contributed by atoms with van der Waals surface area (Å²) in [4.78, 5) is 26.5. The third-order valence-electron chi connectivity index (χ3n) is 4.48. The molecule has 5 nitrogen and oxygen atoms in total. The number of hydrogen-bond acceptors (Lipinski definition) is 4. The molecule has 6 heteroatoms. The summed E-state index contributed by atoms with van der Waals surface area (Å²) in [6.45, 7) is 2.26. The fourth-order valence-electron chi connectivity index (χ4n) is 3.12. The number of cyclic esters (lactones) is 1. The minimum atomic E-state index is -0.793. The molecule has 0 radical (unpaired) electrons. The van der Waals surface area contributed by atoms with Gasteiger partial charge in [0.1, 0.15) is 18.5 Å². The quantitative estimate of drug-likeness (QED) is 0.689. The molecule has 1 heterocycles. The van der Waals surface area contributed by atoms with Crippen LogP contribution in [0.3, 0.4) is 0 Å². The van der Waals surface area contributed by atoms with Crippen molar-refractivity contribution in [3.05, 3.63) is 71.5 Å². The Hall–Kier alpha value is -2.89. The van der Waals surface area contributed by atoms with Gasteiger partial charge in [-0.1, -0.05) is 55.8 Å². The second-order valence-corrected chi connectivity index (χ2v) is 6.50. The third-order valence-corrected chi connectivity index (χ3v) is 4.48. The zero-order valence-electron chi connectivity index (χ0n) is 15.1. The van der Waals surface area contributed by atoms with Crippen molar-refractivity contribution in [2.45, 2.75) is 45.1 Å². The lowest BCUT2D eigenvalue weighted by Crippen LogP contribution is -2.43. The number of esters is 1. The number of rotatable bonds is 7. The number of nitrogens with zero attached hydrogens (tertiary/aromatic N) is 1. The topological polar surface area (TPSA) is 55.8 Å². The molecule has 0 spiro atoms. The molecule has 0 aromatic heterocycles. The van der Waals surface area contributed by atoms with Crippen molar-refractivity contribution < 1.29 is 23.5 Å². The van der Waals surface area contributed by atoms with Crippen LogP contribution in [0.1, 0.15) is 30.9 Å². The Morgan fingerprint density at radius 3 is 2.48 bits per heavy atom. The van der Waals surface area contributed by atoms with Crippen molar-refractivity contribution in [1.82, 2.24) is 4.90 Å². The molecular formula is C21H22FNO4. The van der Waals surface area contributed by atoms with Crippen LogP contribution in [0.15, 0.2) is 54.6 Å². The third kappa shape index (κ3) is 4.64. The summed E-state index contributed by atoms with van der Waals surface area (Å²) in [6, 6.07) is 14.4. The van der Waals surface area contributed by atoms with E-state index in [0.29, 0.717) is 12.0 Å². The maximum atomic E-state index is 13.0. The van der Waals surface area contributed by atoms with Gasteiger partial charge < -0.3 is 9.47 Å². The van der Waals surface area contributed by atoms with Gasteiger partial charge in [0.2, 0.25) is 0 Å². The summed E-state index contributed by atoms with van der Waals surface area (Å²) in [5, 5.41) is 0. The number of ether oxygens (including phenoxy) is 2. The lowest BCUT2D eigenvalue weighted by molar-refractivity contribution is -0.151. The van der Waals surface area contributed by atoms with Crippen LogP contribution in [-0.2, 0) is 27.4 Å². The number of halogens is 1. The van der Waals surface area contributed by atoms with Gasteiger partial charge in [-0.2, -0.15) is 0 Å². The van der Waals surface area contributed by atoms with Crippen molar-refractivity contribution in [3.8, 4) is 0 Å². The molecule has 0 N–H and O–H groups in total. The zero-order valence-corrected chi connectivity index (χ0v) is 15.1. The van der Waals surface area contributed by atoms with Crippen LogP contribution in [0.25, 0.3) is 0 Å². The number of amides is 1. The van der Waals surface area contributed by atoms with Crippen LogP contribution in [-0.4, -0.2) is 29.1 Å². The van der Waals surface area contributed by atoms with Crippen molar-refractivity contribution >= 4 is 12.1 Å². The van der Waals surface area contributed by atoms with Crippen LogP contribution >= 0.6 is 0 Å². The SMILES string of the molecule is CCC[C@@H]1OC(=O)N(Cc2ccccc2)[C@H]1C(=O)OCc1ccc(F)cc1. The van der Waals surface area contributed by atoms with Gasteiger partial charge in [0, 0.05) is 0 Å². The lowest BCUT2D eigenvalue weighted by atomic mass is 10.1. The van der Waals surface area contributed by atoms with E-state index in [9.17, 15) is 14.0 Å². The molecule has 0 unspecified atom stereocenters. The Labute approximate surface area is 157 Å². The van der Waals surface area contributed by atoms with Gasteiger partial charge in [0.25, 0.3) is 0 Å². The Morgan fingerprint density at radius 2 is 1.81 bits per heavy atom. The average molecular weight is 371 g/mol. The summed E-state index contributed by atoms with van der Waals surface area (Å²) in [7, 11) is 0. The standard InChI is InChI=1S/C21H22FNO4/c1-2-6-18-19(20(24)26-14-16-9-11-17(22)12-10-16)23(21(25)27-18)13-15-7-4-3-5-8-15/h3-5,7-12,18-19H,2,6,13-14H2,1H3/t18-,19+/m0/s1. The molecule has 0 aliphatic carbocycles. The fraction of sp³-hybridized carbons (Fsp3) is 0.333. The van der Waals surface area contributed by atoms with E-state index in [4.69, 9.17) is 9.47 Å². The van der Waals surface area contributed by atoms with Crippen LogP contribution in [0.4, 0.5) is 9.18 Å². The first-order valence-corrected chi connectivity index (χ1v) is 9.00. The first-order valence-electron chi connectivity index (χ1n) is 9.00. The first-order chi connectivity index (χ1) is 13.1. The van der Waals surface area contributed by atoms with E-state index in [0.717, 1.165) is 12.0 Å². The molecule has 2 aromatic rings. The molecule has 1 fully saturated rings. The molecule has 2 aromatic carbocycles. The average Bonchev–Trinajstić information content (AvgIpc) is 2.97. The zero-order chi connectivity index (χ0) is 19.2. The largest absolute Gasteiger partial charge is 0.459 e. The van der Waals surface area contributed by atoms with Gasteiger partial charge in [-0.05, 0) is 29.7 Å². The molecule has 3 rings (SSSR count). The van der Waals surface area contributed by atoms with Crippen molar-refractivity contribution in [2.75, 3.05) is 0 Å². The van der Waals surface area contributed by atoms with Gasteiger partial charge in [-0.25, -0.2) is 14.0 Å². The van der Waals surface area contributed by atoms with Gasteiger partial charge >= 0.3 is 12.1 Å². The highest BCUT2D eigenvalue weighted by molar-refractivity contribution is 5.85. The normalized spacial score (nSPS) is 19.0. The summed E-state index contributed by atoms with van der Waals surface area (Å²) in [5.41, 5.74) is 1.58. The van der Waals surface area contributed by atoms with E-state index in [-0.39, 0.29) is 19.0 Å². The minimum Gasteiger partial charge on any atom is -0.459 e. The molecule has 2 atom stereocenters. The summed E-state index contributed by atoms with van der Waals surface area (Å²) in [6.07, 6.45) is 0.305. The molecule has 27 heavy (non-hydrogen) atoms. The fourth-order valence-corrected chi connectivity index (χ4v) is 3.12. The van der Waals surface area contributed by atoms with E-state index in [1.54, 1.807) is 12.1 Å². The summed E-state index contributed by atoms with van der Waals surface area (Å²) in [5.74, 6) is -0.864. The van der Waals surface area contributed by atoms with Crippen LogP contribution in [0, 0.1) is 5.82 Å². The predicted molar refractivity (Wildman–Crippen MR) is 97.1 cm³/mol. The summed E-state index contributed by atoms with van der Waals surface area (Å²) >= 11 is 0. The number of carbonyl (C=O) groups excluding carboxylic acids is 2. The lowest BCUT2D eigenvalue weighted by Gasteiger charge is -2.23. The molecule has 1 saturated heterocycles. The second kappa shape index (κ2) is 8.66. The van der Waals surface area contributed by atoms with Gasteiger partial charge in [-0.15, -0.1) is 0 Å². The smallest absolute Gasteiger partial charge is 0.411 e. The van der Waals surface area contributed by atoms with Crippen LogP contribution in [0.2, 0.25) is 0 Å². The highest BCUT2D eigenvalue weighted by atomic mass is 19.1. The minimum absolute atomic E-state index is 0.0157. The highest BCUT2D eigenvalue weighted by Gasteiger charge is 2.46. The van der Waals surface area contributed by atoms with Crippen molar-refractivity contribution in [1.29, 1.82) is 0 Å². The van der Waals surface area contributed by atoms with Crippen molar-refractivity contribution in [3.63, 3.8) is 0 Å². The highest BCUT2D eigenvalue weighted by Crippen LogP contribution is 2.26. The number of carbonyl (C=O) groups is 2. The Bertz CT molecular complexity index is 779. The molecule has 0 saturated carbocycles. The molecule has 1 aliphatic heterocycles. The van der Waals surface area contributed by atoms with Crippen LogP contribution < -0.4 is 0 Å². The Balaban J connectivity index is 1.72. The Kier molecular flexibility index (Phi) is 6.06. The Morgan fingerprint density at radius 1 is 1.11 bits per heavy atom. The van der Waals surface area contributed by atoms with E-state index < -0.39 is 24.2 Å². The van der Waals surface area contributed by atoms with E-state index in [1.165, 1.54) is 17.0 Å². The maximum Gasteiger partial charge on any atom is 0.411 e. The molecule has 142 valence electrons. The van der Waals surface area contributed by atoms with E-state index in [1.807, 2.05) is 37.3 Å².